The van der Waals surface area contributed by atoms with Gasteiger partial charge in [-0.2, -0.15) is 0 Å². The molecule has 0 saturated heterocycles. The fraction of sp³-hybridized carbons (Fsp3) is 0.736. The van der Waals surface area contributed by atoms with Crippen molar-refractivity contribution in [3.8, 4) is 0 Å². The number of rotatable bonds is 82. The second-order valence-corrected chi connectivity index (χ2v) is 32.0. The van der Waals surface area contributed by atoms with E-state index in [-0.39, 0.29) is 25.7 Å². The van der Waals surface area contributed by atoms with Crippen LogP contribution in [0.15, 0.2) is 122 Å². The maximum absolute atomic E-state index is 13.2. The van der Waals surface area contributed by atoms with Crippen LogP contribution in [0, 0.1) is 0 Å². The zero-order valence-corrected chi connectivity index (χ0v) is 71.4. The van der Waals surface area contributed by atoms with Gasteiger partial charge in [0.2, 0.25) is 0 Å². The molecular weight excluding hydrogens is 1430 g/mol. The number of carbonyl (C=O) groups is 4. The van der Waals surface area contributed by atoms with Gasteiger partial charge in [-0.05, 0) is 161 Å². The lowest BCUT2D eigenvalue weighted by molar-refractivity contribution is -0.161. The van der Waals surface area contributed by atoms with Crippen molar-refractivity contribution >= 4 is 39.5 Å². The Morgan fingerprint density at radius 3 is 0.755 bits per heavy atom. The first-order valence-electron chi connectivity index (χ1n) is 43.8. The van der Waals surface area contributed by atoms with E-state index in [9.17, 15) is 43.2 Å². The highest BCUT2D eigenvalue weighted by molar-refractivity contribution is 7.47. The Hall–Kier alpha value is -4.54. The van der Waals surface area contributed by atoms with Crippen LogP contribution >= 0.6 is 15.6 Å². The summed E-state index contributed by atoms with van der Waals surface area (Å²) >= 11 is 0. The minimum atomic E-state index is -4.99. The molecule has 0 rings (SSSR count). The largest absolute Gasteiger partial charge is 0.472 e. The maximum atomic E-state index is 13.2. The number of hydrogen-bond donors (Lipinski definition) is 3. The molecule has 5 atom stereocenters. The van der Waals surface area contributed by atoms with Crippen LogP contribution in [0.25, 0.3) is 0 Å². The van der Waals surface area contributed by atoms with Gasteiger partial charge in [-0.25, -0.2) is 9.13 Å². The molecule has 0 bridgehead atoms. The summed E-state index contributed by atoms with van der Waals surface area (Å²) in [5, 5.41) is 10.7. The van der Waals surface area contributed by atoms with Crippen LogP contribution in [-0.4, -0.2) is 96.7 Å². The van der Waals surface area contributed by atoms with Crippen molar-refractivity contribution in [1.82, 2.24) is 0 Å². The highest BCUT2D eigenvalue weighted by Gasteiger charge is 2.30. The second-order valence-electron chi connectivity index (χ2n) is 29.1. The van der Waals surface area contributed by atoms with E-state index >= 15 is 0 Å². The average molecular weight is 1590 g/mol. The van der Waals surface area contributed by atoms with Gasteiger partial charge >= 0.3 is 39.5 Å². The Labute approximate surface area is 670 Å². The van der Waals surface area contributed by atoms with Crippen LogP contribution in [0.2, 0.25) is 0 Å². The molecule has 0 saturated carbocycles. The van der Waals surface area contributed by atoms with Gasteiger partial charge in [0.1, 0.15) is 19.3 Å². The Morgan fingerprint density at radius 2 is 0.473 bits per heavy atom. The van der Waals surface area contributed by atoms with Crippen LogP contribution in [0.3, 0.4) is 0 Å². The first-order valence-corrected chi connectivity index (χ1v) is 46.8. The number of aliphatic hydroxyl groups excluding tert-OH is 1. The molecule has 0 aromatic rings. The molecule has 0 amide bonds. The van der Waals surface area contributed by atoms with Crippen LogP contribution in [0.4, 0.5) is 0 Å². The van der Waals surface area contributed by atoms with Gasteiger partial charge < -0.3 is 33.8 Å². The van der Waals surface area contributed by atoms with E-state index in [1.165, 1.54) is 77.0 Å². The SMILES string of the molecule is CC/C=C\C/C=C\C/C=C\CCCCCCCCCC(=O)OCC(COP(=O)(O)OCC(O)COP(=O)(O)OCC(COC(=O)CCCCCCCC/C=C\C/C=C\C/C=C\CCCCC)OC(=O)CCCCCCCC/C=C\C/C=C\C/C=C\CCCCC)OC(=O)CCCCCCC/C=C\CCCCCCCC. The first kappa shape index (κ1) is 105. The summed E-state index contributed by atoms with van der Waals surface area (Å²) < 4.78 is 68.9. The first-order chi connectivity index (χ1) is 53.7. The van der Waals surface area contributed by atoms with Crippen molar-refractivity contribution in [3.05, 3.63) is 122 Å². The smallest absolute Gasteiger partial charge is 0.462 e. The number of phosphoric ester groups is 2. The number of esters is 4. The predicted octanol–water partition coefficient (Wildman–Crippen LogP) is 26.2. The van der Waals surface area contributed by atoms with Crippen LogP contribution in [0.1, 0.15) is 374 Å². The molecular formula is C91H158O17P2. The Bertz CT molecular complexity index is 2550. The zero-order chi connectivity index (χ0) is 80.3. The average Bonchev–Trinajstić information content (AvgIpc) is 0.911. The van der Waals surface area contributed by atoms with Gasteiger partial charge in [0, 0.05) is 25.7 Å². The van der Waals surface area contributed by atoms with Gasteiger partial charge in [-0.15, -0.1) is 0 Å². The van der Waals surface area contributed by atoms with E-state index < -0.39 is 97.5 Å². The summed E-state index contributed by atoms with van der Waals surface area (Å²) in [5.74, 6) is -2.21. The van der Waals surface area contributed by atoms with Crippen molar-refractivity contribution in [1.29, 1.82) is 0 Å². The molecule has 0 aliphatic carbocycles. The second kappa shape index (κ2) is 82.4. The summed E-state index contributed by atoms with van der Waals surface area (Å²) in [4.78, 5) is 73.3. The molecule has 0 heterocycles. The zero-order valence-electron chi connectivity index (χ0n) is 69.7. The summed E-state index contributed by atoms with van der Waals surface area (Å²) in [6.07, 6.45) is 92.9. The minimum absolute atomic E-state index is 0.0758. The summed E-state index contributed by atoms with van der Waals surface area (Å²) in [6.45, 7) is 4.72. The van der Waals surface area contributed by atoms with E-state index in [0.717, 1.165) is 218 Å². The molecule has 0 aromatic heterocycles. The van der Waals surface area contributed by atoms with Crippen molar-refractivity contribution in [2.24, 2.45) is 0 Å². The Balaban J connectivity index is 5.41. The van der Waals surface area contributed by atoms with Gasteiger partial charge in [0.05, 0.1) is 26.4 Å². The summed E-state index contributed by atoms with van der Waals surface area (Å²) in [6, 6.07) is 0. The molecule has 0 aromatic carbocycles. The lowest BCUT2D eigenvalue weighted by Gasteiger charge is -2.21. The van der Waals surface area contributed by atoms with Crippen LogP contribution < -0.4 is 0 Å². The van der Waals surface area contributed by atoms with Gasteiger partial charge in [0.25, 0.3) is 0 Å². The molecule has 0 spiro atoms. The molecule has 110 heavy (non-hydrogen) atoms. The molecule has 634 valence electrons. The molecule has 0 fully saturated rings. The third-order valence-electron chi connectivity index (χ3n) is 18.4. The van der Waals surface area contributed by atoms with E-state index in [1.54, 1.807) is 0 Å². The number of allylic oxidation sites excluding steroid dienone is 20. The Morgan fingerprint density at radius 1 is 0.264 bits per heavy atom. The summed E-state index contributed by atoms with van der Waals surface area (Å²) in [7, 11) is -9.98. The number of unbranched alkanes of at least 4 members (excludes halogenated alkanes) is 36. The fourth-order valence-electron chi connectivity index (χ4n) is 11.7. The molecule has 5 unspecified atom stereocenters. The minimum Gasteiger partial charge on any atom is -0.462 e. The van der Waals surface area contributed by atoms with E-state index in [4.69, 9.17) is 37.0 Å². The molecule has 17 nitrogen and oxygen atoms in total. The lowest BCUT2D eigenvalue weighted by atomic mass is 10.1. The maximum Gasteiger partial charge on any atom is 0.472 e. The van der Waals surface area contributed by atoms with Gasteiger partial charge in [-0.1, -0.05) is 310 Å². The fourth-order valence-corrected chi connectivity index (χ4v) is 13.3. The standard InChI is InChI=1S/C91H158O17P2/c1-5-9-13-17-21-25-29-33-37-40-42-45-49-52-56-60-64-68-72-76-89(94)102-82-87(108-91(96)78-74-70-66-62-58-54-50-46-43-41-38-34-30-26-22-18-14-10-6-2)84-106-110(99,100)104-80-85(92)79-103-109(97,98)105-83-86(107-90(95)77-73-69-65-61-57-53-47-36-32-28-24-20-16-12-8-4)81-101-88(93)75-71-67-63-59-55-51-48-44-39-35-31-27-23-19-15-11-7-3/h11,15,21-23,25-27,33-39,42-43,45-47,85-87,92H,5-10,12-14,16-20,24,28-32,40-41,44,48-84H2,1-4H3,(H,97,98)(H,99,100)/b15-11-,25-21-,26-22-,27-23-,37-33-,38-34-,39-35-,45-42-,46-43-,47-36-. The highest BCUT2D eigenvalue weighted by atomic mass is 31.2. The van der Waals surface area contributed by atoms with E-state index in [2.05, 4.69) is 149 Å². The lowest BCUT2D eigenvalue weighted by Crippen LogP contribution is -2.30. The topological polar surface area (TPSA) is 237 Å². The number of carbonyl (C=O) groups excluding carboxylic acids is 4. The van der Waals surface area contributed by atoms with Crippen molar-refractivity contribution in [2.45, 2.75) is 393 Å². The van der Waals surface area contributed by atoms with Gasteiger partial charge in [0.15, 0.2) is 12.2 Å². The Kier molecular flexibility index (Phi) is 79.0. The number of ether oxygens (including phenoxy) is 4. The van der Waals surface area contributed by atoms with Crippen LogP contribution in [-0.2, 0) is 65.4 Å². The van der Waals surface area contributed by atoms with Crippen molar-refractivity contribution < 1.29 is 80.2 Å². The monoisotopic (exact) mass is 1590 g/mol. The molecule has 3 N–H and O–H groups in total. The molecule has 19 heteroatoms. The van der Waals surface area contributed by atoms with E-state index in [0.29, 0.717) is 25.7 Å². The van der Waals surface area contributed by atoms with Crippen LogP contribution in [0.5, 0.6) is 0 Å². The molecule has 0 aliphatic heterocycles. The number of phosphoric acid groups is 2. The number of aliphatic hydroxyl groups is 1. The normalized spacial score (nSPS) is 14.4. The van der Waals surface area contributed by atoms with Gasteiger partial charge in [-0.3, -0.25) is 37.3 Å². The molecule has 0 radical (unpaired) electrons. The quantitative estimate of drug-likeness (QED) is 0.0169. The van der Waals surface area contributed by atoms with E-state index in [1.807, 2.05) is 0 Å². The highest BCUT2D eigenvalue weighted by Crippen LogP contribution is 2.45. The molecule has 0 aliphatic rings. The summed E-state index contributed by atoms with van der Waals surface area (Å²) in [5.41, 5.74) is 0. The van der Waals surface area contributed by atoms with Crippen molar-refractivity contribution in [3.63, 3.8) is 0 Å². The third kappa shape index (κ3) is 81.5. The third-order valence-corrected chi connectivity index (χ3v) is 20.3. The number of hydrogen-bond acceptors (Lipinski definition) is 15. The van der Waals surface area contributed by atoms with Crippen molar-refractivity contribution in [2.75, 3.05) is 39.6 Å². The predicted molar refractivity (Wildman–Crippen MR) is 455 cm³/mol.